The Morgan fingerprint density at radius 1 is 0.833 bits per heavy atom. The van der Waals surface area contributed by atoms with Gasteiger partial charge >= 0.3 is 12.4 Å². The topological polar surface area (TPSA) is 59.9 Å². The molecular formula is C13H8F6N2O2S. The quantitative estimate of drug-likeness (QED) is 0.613. The highest BCUT2D eigenvalue weighted by atomic mass is 32.2. The van der Waals surface area contributed by atoms with Gasteiger partial charge in [-0.3, -0.25) is 0 Å². The van der Waals surface area contributed by atoms with Crippen LogP contribution in [-0.4, -0.2) is 18.4 Å². The lowest BCUT2D eigenvalue weighted by molar-refractivity contribution is -0.148. The third kappa shape index (κ3) is 4.22. The van der Waals surface area contributed by atoms with Gasteiger partial charge in [0.2, 0.25) is 15.0 Å². The van der Waals surface area contributed by atoms with Crippen molar-refractivity contribution in [3.63, 3.8) is 0 Å². The minimum atomic E-state index is -5.25. The maximum absolute atomic E-state index is 12.7. The van der Waals surface area contributed by atoms with Crippen LogP contribution in [0.4, 0.5) is 26.3 Å². The summed E-state index contributed by atoms with van der Waals surface area (Å²) in [5, 5.41) is -1.52. The van der Waals surface area contributed by atoms with Crippen molar-refractivity contribution < 1.29 is 34.8 Å². The van der Waals surface area contributed by atoms with Gasteiger partial charge in [-0.05, 0) is 11.6 Å². The van der Waals surface area contributed by atoms with Crippen LogP contribution in [0.15, 0.2) is 41.6 Å². The maximum atomic E-state index is 12.7. The van der Waals surface area contributed by atoms with Crippen molar-refractivity contribution in [2.75, 3.05) is 0 Å². The molecule has 0 amide bonds. The highest BCUT2D eigenvalue weighted by molar-refractivity contribution is 7.90. The van der Waals surface area contributed by atoms with Gasteiger partial charge in [0, 0.05) is 0 Å². The normalized spacial score (nSPS) is 13.1. The zero-order valence-electron chi connectivity index (χ0n) is 11.6. The van der Waals surface area contributed by atoms with Crippen molar-refractivity contribution in [3.8, 4) is 0 Å². The van der Waals surface area contributed by atoms with E-state index in [1.54, 1.807) is 6.07 Å². The lowest BCUT2D eigenvalue weighted by Gasteiger charge is -2.12. The highest BCUT2D eigenvalue weighted by Crippen LogP contribution is 2.34. The standard InChI is InChI=1S/C13H8F6N2O2S/c14-12(15,16)9-6-10(13(17,18)19)21-11(20-9)24(22,23)7-8-4-2-1-3-5-8/h1-6H,7H2. The SMILES string of the molecule is O=S(=O)(Cc1ccccc1)c1nc(C(F)(F)F)cc(C(F)(F)F)n1. The van der Waals surface area contributed by atoms with E-state index < -0.39 is 44.5 Å². The van der Waals surface area contributed by atoms with Gasteiger partial charge < -0.3 is 0 Å². The Balaban J connectivity index is 2.56. The summed E-state index contributed by atoms with van der Waals surface area (Å²) < 4.78 is 100. The van der Waals surface area contributed by atoms with Crippen LogP contribution in [0.5, 0.6) is 0 Å². The first-order valence-electron chi connectivity index (χ1n) is 6.20. The number of alkyl halides is 6. The lowest BCUT2D eigenvalue weighted by atomic mass is 10.2. The molecule has 4 nitrogen and oxygen atoms in total. The van der Waals surface area contributed by atoms with E-state index in [0.717, 1.165) is 0 Å². The summed E-state index contributed by atoms with van der Waals surface area (Å²) in [7, 11) is -4.60. The van der Waals surface area contributed by atoms with E-state index in [-0.39, 0.29) is 11.6 Å². The largest absolute Gasteiger partial charge is 0.433 e. The molecule has 0 fully saturated rings. The molecule has 0 unspecified atom stereocenters. The Kier molecular flexibility index (Phi) is 4.57. The molecule has 0 N–H and O–H groups in total. The molecule has 0 atom stereocenters. The zero-order chi connectivity index (χ0) is 18.2. The first-order chi connectivity index (χ1) is 10.9. The van der Waals surface area contributed by atoms with Crippen molar-refractivity contribution in [2.45, 2.75) is 23.3 Å². The summed E-state index contributed by atoms with van der Waals surface area (Å²) in [6.45, 7) is 0. The molecule has 0 saturated heterocycles. The van der Waals surface area contributed by atoms with E-state index in [2.05, 4.69) is 9.97 Å². The van der Waals surface area contributed by atoms with Gasteiger partial charge in [0.1, 0.15) is 11.4 Å². The van der Waals surface area contributed by atoms with E-state index in [1.807, 2.05) is 0 Å². The van der Waals surface area contributed by atoms with Crippen LogP contribution in [-0.2, 0) is 27.9 Å². The molecule has 2 aromatic rings. The van der Waals surface area contributed by atoms with Gasteiger partial charge in [-0.15, -0.1) is 0 Å². The van der Waals surface area contributed by atoms with Crippen LogP contribution >= 0.6 is 0 Å². The molecular weight excluding hydrogens is 362 g/mol. The molecule has 130 valence electrons. The fourth-order valence-corrected chi connectivity index (χ4v) is 2.95. The molecule has 2 rings (SSSR count). The Bertz CT molecular complexity index is 800. The van der Waals surface area contributed by atoms with Crippen LogP contribution in [0.2, 0.25) is 0 Å². The fraction of sp³-hybridized carbons (Fsp3) is 0.231. The van der Waals surface area contributed by atoms with Crippen molar-refractivity contribution in [1.29, 1.82) is 0 Å². The first kappa shape index (κ1) is 18.2. The van der Waals surface area contributed by atoms with Crippen molar-refractivity contribution >= 4 is 9.84 Å². The van der Waals surface area contributed by atoms with Crippen LogP contribution in [0.3, 0.4) is 0 Å². The van der Waals surface area contributed by atoms with Crippen LogP contribution in [0, 0.1) is 0 Å². The lowest BCUT2D eigenvalue weighted by Crippen LogP contribution is -2.20. The average molecular weight is 370 g/mol. The Labute approximate surface area is 132 Å². The van der Waals surface area contributed by atoms with Crippen molar-refractivity contribution in [2.24, 2.45) is 0 Å². The minimum Gasteiger partial charge on any atom is -0.220 e. The van der Waals surface area contributed by atoms with E-state index in [4.69, 9.17) is 0 Å². The number of halogens is 6. The highest BCUT2D eigenvalue weighted by Gasteiger charge is 2.40. The summed E-state index contributed by atoms with van der Waals surface area (Å²) in [6, 6.07) is 6.89. The summed E-state index contributed by atoms with van der Waals surface area (Å²) in [5.74, 6) is -0.827. The number of hydrogen-bond acceptors (Lipinski definition) is 4. The Morgan fingerprint density at radius 3 is 1.71 bits per heavy atom. The monoisotopic (exact) mass is 370 g/mol. The molecule has 24 heavy (non-hydrogen) atoms. The second-order valence-corrected chi connectivity index (χ2v) is 6.54. The fourth-order valence-electron chi connectivity index (χ4n) is 1.71. The summed E-state index contributed by atoms with van der Waals surface area (Å²) >= 11 is 0. The Morgan fingerprint density at radius 2 is 1.29 bits per heavy atom. The van der Waals surface area contributed by atoms with Gasteiger partial charge in [-0.1, -0.05) is 30.3 Å². The van der Waals surface area contributed by atoms with Crippen molar-refractivity contribution in [1.82, 2.24) is 9.97 Å². The molecule has 1 aromatic carbocycles. The Hall–Kier alpha value is -2.17. The smallest absolute Gasteiger partial charge is 0.220 e. The van der Waals surface area contributed by atoms with Gasteiger partial charge in [-0.2, -0.15) is 26.3 Å². The number of aromatic nitrogens is 2. The van der Waals surface area contributed by atoms with Crippen LogP contribution in [0.25, 0.3) is 0 Å². The molecule has 1 heterocycles. The minimum absolute atomic E-state index is 0.173. The van der Waals surface area contributed by atoms with E-state index in [1.165, 1.54) is 24.3 Å². The van der Waals surface area contributed by atoms with E-state index in [9.17, 15) is 34.8 Å². The third-order valence-corrected chi connectivity index (χ3v) is 4.22. The van der Waals surface area contributed by atoms with Crippen LogP contribution < -0.4 is 0 Å². The molecule has 0 spiro atoms. The molecule has 0 saturated carbocycles. The van der Waals surface area contributed by atoms with Crippen molar-refractivity contribution in [3.05, 3.63) is 53.3 Å². The summed E-state index contributed by atoms with van der Waals surface area (Å²) in [5.41, 5.74) is -3.78. The van der Waals surface area contributed by atoms with E-state index in [0.29, 0.717) is 0 Å². The molecule has 1 aromatic heterocycles. The average Bonchev–Trinajstić information content (AvgIpc) is 2.45. The number of hydrogen-bond donors (Lipinski definition) is 0. The molecule has 11 heteroatoms. The van der Waals surface area contributed by atoms with Gasteiger partial charge in [-0.25, -0.2) is 18.4 Å². The first-order valence-corrected chi connectivity index (χ1v) is 7.85. The molecule has 0 aliphatic rings. The molecule has 0 radical (unpaired) electrons. The van der Waals surface area contributed by atoms with Crippen LogP contribution in [0.1, 0.15) is 17.0 Å². The third-order valence-electron chi connectivity index (χ3n) is 2.76. The molecule has 0 aliphatic carbocycles. The number of benzene rings is 1. The summed E-state index contributed by atoms with van der Waals surface area (Å²) in [4.78, 5) is 5.52. The maximum Gasteiger partial charge on any atom is 0.433 e. The summed E-state index contributed by atoms with van der Waals surface area (Å²) in [6.07, 6.45) is -10.5. The zero-order valence-corrected chi connectivity index (χ0v) is 12.4. The second kappa shape index (κ2) is 6.04. The predicted octanol–water partition coefficient (Wildman–Crippen LogP) is 3.49. The van der Waals surface area contributed by atoms with E-state index >= 15 is 0 Å². The molecule has 0 aliphatic heterocycles. The van der Waals surface area contributed by atoms with Gasteiger partial charge in [0.05, 0.1) is 5.75 Å². The number of nitrogens with zero attached hydrogens (tertiary/aromatic N) is 2. The van der Waals surface area contributed by atoms with Gasteiger partial charge in [0.25, 0.3) is 0 Å². The second-order valence-electron chi connectivity index (χ2n) is 4.66. The number of sulfone groups is 1. The number of rotatable bonds is 3. The van der Waals surface area contributed by atoms with Gasteiger partial charge in [0.15, 0.2) is 0 Å². The predicted molar refractivity (Wildman–Crippen MR) is 69.4 cm³/mol. The molecule has 0 bridgehead atoms.